The molecule has 2 aromatic carbocycles. The molecule has 0 saturated heterocycles. The van der Waals surface area contributed by atoms with Crippen LogP contribution in [0.4, 0.5) is 5.82 Å². The van der Waals surface area contributed by atoms with Crippen LogP contribution in [0, 0.1) is 0 Å². The molecule has 1 aliphatic carbocycles. The zero-order valence-electron chi connectivity index (χ0n) is 16.5. The van der Waals surface area contributed by atoms with E-state index in [9.17, 15) is 4.79 Å². The SMILES string of the molecule is O=C(NCCc1ccccc1)c1cc(NC2CCCC2)nc(-c2ccccc2)n1. The molecule has 148 valence electrons. The number of nitrogens with one attached hydrogen (secondary N) is 2. The van der Waals surface area contributed by atoms with Crippen LogP contribution in [-0.2, 0) is 6.42 Å². The van der Waals surface area contributed by atoms with Crippen LogP contribution >= 0.6 is 0 Å². The first-order valence-electron chi connectivity index (χ1n) is 10.3. The number of nitrogens with zero attached hydrogens (tertiary/aromatic N) is 2. The first kappa shape index (κ1) is 19.1. The summed E-state index contributed by atoms with van der Waals surface area (Å²) in [7, 11) is 0. The standard InChI is InChI=1S/C24H26N4O/c29-24(25-16-15-18-9-3-1-4-10-18)21-17-22(26-20-13-7-8-14-20)28-23(27-21)19-11-5-2-6-12-19/h1-6,9-12,17,20H,7-8,13-16H2,(H,25,29)(H,26,27,28). The van der Waals surface area contributed by atoms with E-state index in [0.29, 0.717) is 24.1 Å². The summed E-state index contributed by atoms with van der Waals surface area (Å²) in [6.07, 6.45) is 5.55. The van der Waals surface area contributed by atoms with Gasteiger partial charge in [-0.05, 0) is 24.8 Å². The molecule has 5 heteroatoms. The summed E-state index contributed by atoms with van der Waals surface area (Å²) in [5, 5.41) is 6.49. The molecule has 2 N–H and O–H groups in total. The number of carbonyl (C=O) groups is 1. The molecule has 1 heterocycles. The highest BCUT2D eigenvalue weighted by Crippen LogP contribution is 2.23. The van der Waals surface area contributed by atoms with Crippen LogP contribution in [0.1, 0.15) is 41.7 Å². The van der Waals surface area contributed by atoms with E-state index in [1.54, 1.807) is 6.07 Å². The van der Waals surface area contributed by atoms with Crippen LogP contribution < -0.4 is 10.6 Å². The lowest BCUT2D eigenvalue weighted by Crippen LogP contribution is -2.27. The number of anilines is 1. The van der Waals surface area contributed by atoms with Gasteiger partial charge in [0.2, 0.25) is 0 Å². The first-order valence-corrected chi connectivity index (χ1v) is 10.3. The third kappa shape index (κ3) is 5.19. The van der Waals surface area contributed by atoms with Gasteiger partial charge in [-0.25, -0.2) is 9.97 Å². The molecule has 4 rings (SSSR count). The highest BCUT2D eigenvalue weighted by Gasteiger charge is 2.18. The molecule has 1 aromatic heterocycles. The summed E-state index contributed by atoms with van der Waals surface area (Å²) in [5.41, 5.74) is 2.50. The molecule has 0 spiro atoms. The summed E-state index contributed by atoms with van der Waals surface area (Å²) in [5.74, 6) is 1.12. The zero-order valence-corrected chi connectivity index (χ0v) is 16.5. The van der Waals surface area contributed by atoms with Crippen LogP contribution in [0.25, 0.3) is 11.4 Å². The Bertz CT molecular complexity index is 938. The maximum atomic E-state index is 12.8. The highest BCUT2D eigenvalue weighted by atomic mass is 16.1. The van der Waals surface area contributed by atoms with Gasteiger partial charge in [0.1, 0.15) is 11.5 Å². The van der Waals surface area contributed by atoms with Crippen molar-refractivity contribution in [3.63, 3.8) is 0 Å². The molecule has 3 aromatic rings. The number of carbonyl (C=O) groups excluding carboxylic acids is 1. The van der Waals surface area contributed by atoms with E-state index in [-0.39, 0.29) is 5.91 Å². The minimum atomic E-state index is -0.171. The largest absolute Gasteiger partial charge is 0.367 e. The van der Waals surface area contributed by atoms with Crippen molar-refractivity contribution in [2.75, 3.05) is 11.9 Å². The van der Waals surface area contributed by atoms with Crippen molar-refractivity contribution in [2.24, 2.45) is 0 Å². The van der Waals surface area contributed by atoms with Crippen molar-refractivity contribution < 1.29 is 4.79 Å². The van der Waals surface area contributed by atoms with Gasteiger partial charge in [0.25, 0.3) is 5.91 Å². The lowest BCUT2D eigenvalue weighted by atomic mass is 10.1. The molecule has 0 bridgehead atoms. The van der Waals surface area contributed by atoms with E-state index in [1.165, 1.54) is 18.4 Å². The van der Waals surface area contributed by atoms with Crippen LogP contribution in [0.5, 0.6) is 0 Å². The summed E-state index contributed by atoms with van der Waals surface area (Å²) >= 11 is 0. The highest BCUT2D eigenvalue weighted by molar-refractivity contribution is 5.93. The van der Waals surface area contributed by atoms with Crippen molar-refractivity contribution in [3.05, 3.63) is 78.0 Å². The monoisotopic (exact) mass is 386 g/mol. The van der Waals surface area contributed by atoms with Crippen LogP contribution in [0.3, 0.4) is 0 Å². The molecule has 0 atom stereocenters. The Kier molecular flexibility index (Phi) is 6.15. The lowest BCUT2D eigenvalue weighted by molar-refractivity contribution is 0.0949. The van der Waals surface area contributed by atoms with Crippen molar-refractivity contribution in [1.29, 1.82) is 0 Å². The van der Waals surface area contributed by atoms with Gasteiger partial charge in [-0.3, -0.25) is 4.79 Å². The van der Waals surface area contributed by atoms with Gasteiger partial charge < -0.3 is 10.6 Å². The van der Waals surface area contributed by atoms with E-state index in [4.69, 9.17) is 0 Å². The van der Waals surface area contributed by atoms with E-state index in [0.717, 1.165) is 30.6 Å². The van der Waals surface area contributed by atoms with E-state index < -0.39 is 0 Å². The van der Waals surface area contributed by atoms with Crippen LogP contribution in [-0.4, -0.2) is 28.5 Å². The molecule has 0 unspecified atom stereocenters. The van der Waals surface area contributed by atoms with Gasteiger partial charge in [0.15, 0.2) is 5.82 Å². The Labute approximate surface area is 171 Å². The van der Waals surface area contributed by atoms with E-state index in [2.05, 4.69) is 32.7 Å². The Morgan fingerprint density at radius 1 is 0.931 bits per heavy atom. The Balaban J connectivity index is 1.51. The summed E-state index contributed by atoms with van der Waals surface area (Å²) in [6, 6.07) is 22.1. The fourth-order valence-electron chi connectivity index (χ4n) is 3.69. The Morgan fingerprint density at radius 2 is 1.62 bits per heavy atom. The van der Waals surface area contributed by atoms with Gasteiger partial charge in [-0.15, -0.1) is 0 Å². The summed E-state index contributed by atoms with van der Waals surface area (Å²) in [4.78, 5) is 22.0. The number of amides is 1. The minimum Gasteiger partial charge on any atom is -0.367 e. The maximum Gasteiger partial charge on any atom is 0.270 e. The smallest absolute Gasteiger partial charge is 0.270 e. The second-order valence-corrected chi connectivity index (χ2v) is 7.45. The zero-order chi connectivity index (χ0) is 19.9. The predicted octanol–water partition coefficient (Wildman–Crippen LogP) is 4.47. The normalized spacial score (nSPS) is 13.9. The van der Waals surface area contributed by atoms with Crippen molar-refractivity contribution in [1.82, 2.24) is 15.3 Å². The molecule has 1 aliphatic rings. The fraction of sp³-hybridized carbons (Fsp3) is 0.292. The molecule has 0 aliphatic heterocycles. The van der Waals surface area contributed by atoms with Gasteiger partial charge in [-0.1, -0.05) is 73.5 Å². The topological polar surface area (TPSA) is 66.9 Å². The molecule has 1 fully saturated rings. The van der Waals surface area contributed by atoms with Crippen molar-refractivity contribution in [2.45, 2.75) is 38.1 Å². The Hall–Kier alpha value is -3.21. The average Bonchev–Trinajstić information content (AvgIpc) is 3.28. The molecule has 0 radical (unpaired) electrons. The van der Waals surface area contributed by atoms with Gasteiger partial charge in [0.05, 0.1) is 0 Å². The molecule has 29 heavy (non-hydrogen) atoms. The Morgan fingerprint density at radius 3 is 2.34 bits per heavy atom. The molecule has 1 saturated carbocycles. The number of hydrogen-bond donors (Lipinski definition) is 2. The number of benzene rings is 2. The molecular weight excluding hydrogens is 360 g/mol. The number of aromatic nitrogens is 2. The molecule has 5 nitrogen and oxygen atoms in total. The van der Waals surface area contributed by atoms with Gasteiger partial charge in [-0.2, -0.15) is 0 Å². The number of hydrogen-bond acceptors (Lipinski definition) is 4. The van der Waals surface area contributed by atoms with E-state index >= 15 is 0 Å². The second kappa shape index (κ2) is 9.32. The second-order valence-electron chi connectivity index (χ2n) is 7.45. The molecule has 1 amide bonds. The van der Waals surface area contributed by atoms with Crippen LogP contribution in [0.2, 0.25) is 0 Å². The fourth-order valence-corrected chi connectivity index (χ4v) is 3.69. The van der Waals surface area contributed by atoms with Crippen molar-refractivity contribution >= 4 is 11.7 Å². The lowest BCUT2D eigenvalue weighted by Gasteiger charge is -2.15. The molecular formula is C24H26N4O. The summed E-state index contributed by atoms with van der Waals surface area (Å²) in [6.45, 7) is 0.568. The minimum absolute atomic E-state index is 0.171. The van der Waals surface area contributed by atoms with Gasteiger partial charge in [0, 0.05) is 24.2 Å². The average molecular weight is 386 g/mol. The first-order chi connectivity index (χ1) is 14.3. The quantitative estimate of drug-likeness (QED) is 0.629. The van der Waals surface area contributed by atoms with Gasteiger partial charge >= 0.3 is 0 Å². The third-order valence-corrected chi connectivity index (χ3v) is 5.24. The summed E-state index contributed by atoms with van der Waals surface area (Å²) < 4.78 is 0. The maximum absolute atomic E-state index is 12.8. The van der Waals surface area contributed by atoms with Crippen molar-refractivity contribution in [3.8, 4) is 11.4 Å². The number of rotatable bonds is 7. The third-order valence-electron chi connectivity index (χ3n) is 5.24. The predicted molar refractivity (Wildman–Crippen MR) is 116 cm³/mol. The van der Waals surface area contributed by atoms with E-state index in [1.807, 2.05) is 48.5 Å². The van der Waals surface area contributed by atoms with Crippen LogP contribution in [0.15, 0.2) is 66.7 Å².